The van der Waals surface area contributed by atoms with E-state index in [0.717, 1.165) is 11.1 Å². The SMILES string of the molecule is O=C(O)CN(CCCCS(=O)(=O)O)c1ccc(/C=C/C=C2\CC/C(=C\C=C\c3ccc(N(CCCCS(=O)(=O)O)CC(=O)O)cc3)C2=O)cc1. The number of hydrogen-bond acceptors (Lipinski definition) is 9. The van der Waals surface area contributed by atoms with Crippen LogP contribution in [0.25, 0.3) is 12.2 Å². The average Bonchev–Trinajstić information content (AvgIpc) is 3.38. The number of carbonyl (C=O) groups excluding carboxylic acids is 1. The van der Waals surface area contributed by atoms with Crippen molar-refractivity contribution >= 4 is 61.5 Å². The normalized spacial score (nSPS) is 15.4. The van der Waals surface area contributed by atoms with Crippen molar-refractivity contribution in [2.75, 3.05) is 47.5 Å². The molecule has 0 amide bonds. The number of carboxylic acids is 2. The highest BCUT2D eigenvalue weighted by Crippen LogP contribution is 2.27. The third kappa shape index (κ3) is 14.9. The molecule has 270 valence electrons. The van der Waals surface area contributed by atoms with Crippen LogP contribution in [-0.2, 0) is 34.6 Å². The standard InChI is InChI=1S/C35H42N2O11S2/c38-33(39)25-36(21-1-3-23-49(43,44)45)31-17-11-27(12-18-31)7-5-9-29-15-16-30(35(29)42)10-6-8-28-13-19-32(20-14-28)37(26-34(40)41)22-2-4-24-50(46,47)48/h5-14,17-20H,1-4,15-16,21-26H2,(H,38,39)(H,40,41)(H,43,44,45)(H,46,47,48)/b7-5+,8-6+,29-9+,30-10+. The summed E-state index contributed by atoms with van der Waals surface area (Å²) in [5.74, 6) is -2.86. The first-order valence-corrected chi connectivity index (χ1v) is 19.1. The molecule has 0 unspecified atom stereocenters. The highest BCUT2D eigenvalue weighted by atomic mass is 32.2. The summed E-state index contributed by atoms with van der Waals surface area (Å²) in [4.78, 5) is 38.8. The first-order valence-electron chi connectivity index (χ1n) is 15.9. The molecule has 0 aromatic heterocycles. The Hall–Kier alpha value is -4.57. The molecule has 1 aliphatic rings. The van der Waals surface area contributed by atoms with Crippen LogP contribution < -0.4 is 9.80 Å². The van der Waals surface area contributed by atoms with Crippen molar-refractivity contribution in [1.29, 1.82) is 0 Å². The van der Waals surface area contributed by atoms with Gasteiger partial charge in [0.25, 0.3) is 20.2 Å². The minimum Gasteiger partial charge on any atom is -0.480 e. The quantitative estimate of drug-likeness (QED) is 0.0826. The molecule has 2 aromatic carbocycles. The van der Waals surface area contributed by atoms with E-state index in [2.05, 4.69) is 0 Å². The molecule has 0 radical (unpaired) electrons. The molecule has 4 N–H and O–H groups in total. The molecule has 15 heteroatoms. The maximum atomic E-state index is 12.9. The minimum atomic E-state index is -4.07. The van der Waals surface area contributed by atoms with E-state index in [1.165, 1.54) is 0 Å². The topological polar surface area (TPSA) is 207 Å². The minimum absolute atomic E-state index is 0.0402. The summed E-state index contributed by atoms with van der Waals surface area (Å²) in [6, 6.07) is 14.3. The van der Waals surface area contributed by atoms with Gasteiger partial charge in [-0.1, -0.05) is 60.7 Å². The van der Waals surface area contributed by atoms with Crippen molar-refractivity contribution in [3.63, 3.8) is 0 Å². The van der Waals surface area contributed by atoms with Gasteiger partial charge in [0.05, 0.1) is 11.5 Å². The maximum absolute atomic E-state index is 12.9. The number of allylic oxidation sites excluding steroid dienone is 6. The molecule has 0 saturated heterocycles. The number of ketones is 1. The second-order valence-electron chi connectivity index (χ2n) is 11.7. The summed E-state index contributed by atoms with van der Waals surface area (Å²) in [5, 5.41) is 18.5. The van der Waals surface area contributed by atoms with Crippen LogP contribution in [0.4, 0.5) is 11.4 Å². The summed E-state index contributed by atoms with van der Waals surface area (Å²) in [6.45, 7) is 0.0981. The Morgan fingerprint density at radius 3 is 1.30 bits per heavy atom. The second kappa shape index (κ2) is 19.0. The highest BCUT2D eigenvalue weighted by Gasteiger charge is 2.21. The zero-order valence-corrected chi connectivity index (χ0v) is 29.1. The Morgan fingerprint density at radius 2 is 0.980 bits per heavy atom. The van der Waals surface area contributed by atoms with E-state index in [1.807, 2.05) is 36.4 Å². The first-order chi connectivity index (χ1) is 23.6. The number of nitrogens with zero attached hydrogens (tertiary/aromatic N) is 2. The lowest BCUT2D eigenvalue weighted by atomic mass is 10.1. The van der Waals surface area contributed by atoms with Crippen LogP contribution in [0.2, 0.25) is 0 Å². The molecule has 50 heavy (non-hydrogen) atoms. The fraction of sp³-hybridized carbons (Fsp3) is 0.343. The summed E-state index contributed by atoms with van der Waals surface area (Å²) in [7, 11) is -8.13. The van der Waals surface area contributed by atoms with Gasteiger partial charge in [-0.25, -0.2) is 0 Å². The van der Waals surface area contributed by atoms with Crippen LogP contribution in [0, 0.1) is 0 Å². The van der Waals surface area contributed by atoms with Crippen molar-refractivity contribution < 1.29 is 50.5 Å². The van der Waals surface area contributed by atoms with Crippen molar-refractivity contribution in [2.24, 2.45) is 0 Å². The number of carboxylic acid groups (broad SMARTS) is 2. The zero-order valence-electron chi connectivity index (χ0n) is 27.4. The average molecular weight is 731 g/mol. The van der Waals surface area contributed by atoms with Crippen LogP contribution in [0.15, 0.2) is 84.0 Å². The number of carbonyl (C=O) groups is 3. The Kier molecular flexibility index (Phi) is 15.1. The molecule has 1 aliphatic carbocycles. The van der Waals surface area contributed by atoms with Gasteiger partial charge in [-0.2, -0.15) is 16.8 Å². The number of unbranched alkanes of at least 4 members (excludes halogenated alkanes) is 2. The number of rotatable bonds is 20. The number of aliphatic carboxylic acids is 2. The van der Waals surface area contributed by atoms with E-state index in [4.69, 9.17) is 9.11 Å². The van der Waals surface area contributed by atoms with E-state index >= 15 is 0 Å². The maximum Gasteiger partial charge on any atom is 0.323 e. The zero-order chi connectivity index (χ0) is 36.7. The van der Waals surface area contributed by atoms with Gasteiger partial charge in [-0.15, -0.1) is 0 Å². The van der Waals surface area contributed by atoms with Crippen molar-refractivity contribution in [1.82, 2.24) is 0 Å². The first kappa shape index (κ1) is 39.9. The Morgan fingerprint density at radius 1 is 0.620 bits per heavy atom. The molecule has 13 nitrogen and oxygen atoms in total. The monoisotopic (exact) mass is 730 g/mol. The Labute approximate surface area is 292 Å². The third-order valence-electron chi connectivity index (χ3n) is 7.75. The molecule has 0 spiro atoms. The lowest BCUT2D eigenvalue weighted by Gasteiger charge is -2.23. The molecule has 0 bridgehead atoms. The van der Waals surface area contributed by atoms with Crippen LogP contribution in [0.1, 0.15) is 49.7 Å². The molecular weight excluding hydrogens is 689 g/mol. The lowest BCUT2D eigenvalue weighted by molar-refractivity contribution is -0.136. The molecule has 0 heterocycles. The summed E-state index contributed by atoms with van der Waals surface area (Å²) < 4.78 is 61.5. The van der Waals surface area contributed by atoms with E-state index in [1.54, 1.807) is 58.4 Å². The summed E-state index contributed by atoms with van der Waals surface area (Å²) >= 11 is 0. The number of hydrogen-bond donors (Lipinski definition) is 4. The van der Waals surface area contributed by atoms with Crippen molar-refractivity contribution in [3.05, 3.63) is 95.1 Å². The predicted octanol–water partition coefficient (Wildman–Crippen LogP) is 4.75. The van der Waals surface area contributed by atoms with E-state index in [0.29, 0.717) is 61.3 Å². The van der Waals surface area contributed by atoms with E-state index in [-0.39, 0.29) is 43.2 Å². The second-order valence-corrected chi connectivity index (χ2v) is 14.9. The van der Waals surface area contributed by atoms with Gasteiger partial charge in [-0.3, -0.25) is 23.5 Å². The van der Waals surface area contributed by atoms with E-state index < -0.39 is 32.2 Å². The highest BCUT2D eigenvalue weighted by molar-refractivity contribution is 7.86. The number of anilines is 2. The Balaban J connectivity index is 1.56. The van der Waals surface area contributed by atoms with Crippen molar-refractivity contribution in [2.45, 2.75) is 38.5 Å². The molecular formula is C35H42N2O11S2. The van der Waals surface area contributed by atoms with Gasteiger partial charge >= 0.3 is 11.9 Å². The van der Waals surface area contributed by atoms with E-state index in [9.17, 15) is 41.4 Å². The molecule has 3 rings (SSSR count). The fourth-order valence-electron chi connectivity index (χ4n) is 5.26. The molecule has 2 aromatic rings. The van der Waals surface area contributed by atoms with Gasteiger partial charge in [0.1, 0.15) is 13.1 Å². The number of benzene rings is 2. The lowest BCUT2D eigenvalue weighted by Crippen LogP contribution is -2.30. The fourth-order valence-corrected chi connectivity index (χ4v) is 6.40. The molecule has 1 saturated carbocycles. The third-order valence-corrected chi connectivity index (χ3v) is 9.36. The van der Waals surface area contributed by atoms with Crippen LogP contribution in [-0.4, -0.2) is 91.6 Å². The van der Waals surface area contributed by atoms with Gasteiger partial charge in [0.15, 0.2) is 5.78 Å². The van der Waals surface area contributed by atoms with Gasteiger partial charge in [0, 0.05) is 35.6 Å². The summed E-state index contributed by atoms with van der Waals surface area (Å²) in [5.41, 5.74) is 4.35. The number of Topliss-reactive ketones (excluding diaryl/α,β-unsaturated/α-hetero) is 1. The Bertz CT molecular complexity index is 1700. The molecule has 0 aliphatic heterocycles. The molecule has 1 fully saturated rings. The summed E-state index contributed by atoms with van der Waals surface area (Å²) in [6.07, 6.45) is 13.2. The van der Waals surface area contributed by atoms with Crippen LogP contribution >= 0.6 is 0 Å². The molecule has 0 atom stereocenters. The largest absolute Gasteiger partial charge is 0.480 e. The van der Waals surface area contributed by atoms with Crippen LogP contribution in [0.3, 0.4) is 0 Å². The van der Waals surface area contributed by atoms with Crippen LogP contribution in [0.5, 0.6) is 0 Å². The van der Waals surface area contributed by atoms with Crippen molar-refractivity contribution in [3.8, 4) is 0 Å². The van der Waals surface area contributed by atoms with Gasteiger partial charge < -0.3 is 20.0 Å². The smallest absolute Gasteiger partial charge is 0.323 e. The van der Waals surface area contributed by atoms with Gasteiger partial charge in [0.2, 0.25) is 0 Å². The predicted molar refractivity (Wildman–Crippen MR) is 192 cm³/mol. The van der Waals surface area contributed by atoms with Gasteiger partial charge in [-0.05, 0) is 73.9 Å².